The Morgan fingerprint density at radius 2 is 2.04 bits per heavy atom. The molecule has 1 saturated heterocycles. The zero-order valence-electron chi connectivity index (χ0n) is 16.9. The average Bonchev–Trinajstić information content (AvgIpc) is 2.68. The molecule has 0 saturated carbocycles. The summed E-state index contributed by atoms with van der Waals surface area (Å²) in [4.78, 5) is 21.6. The number of aromatic nitrogens is 1. The van der Waals surface area contributed by atoms with Crippen LogP contribution in [0.25, 0.3) is 0 Å². The third-order valence-corrected chi connectivity index (χ3v) is 5.18. The largest absolute Gasteiger partial charge is 0.357 e. The van der Waals surface area contributed by atoms with Crippen LogP contribution in [0.15, 0.2) is 42.6 Å². The van der Waals surface area contributed by atoms with Crippen molar-refractivity contribution in [2.45, 2.75) is 32.7 Å². The van der Waals surface area contributed by atoms with Crippen molar-refractivity contribution in [2.24, 2.45) is 5.92 Å². The Bertz CT molecular complexity index is 803. The quantitative estimate of drug-likeness (QED) is 0.817. The molecule has 0 spiro atoms. The monoisotopic (exact) mass is 384 g/mol. The van der Waals surface area contributed by atoms with Crippen LogP contribution in [0.4, 0.5) is 15.9 Å². The fourth-order valence-electron chi connectivity index (χ4n) is 3.71. The number of nitrogens with one attached hydrogen (secondary N) is 1. The second-order valence-corrected chi connectivity index (χ2v) is 7.90. The number of hydrogen-bond donors (Lipinski definition) is 1. The highest BCUT2D eigenvalue weighted by molar-refractivity contribution is 6.04. The van der Waals surface area contributed by atoms with Gasteiger partial charge < -0.3 is 15.1 Å². The number of likely N-dealkylation sites (tertiary alicyclic amines) is 1. The van der Waals surface area contributed by atoms with Gasteiger partial charge in [0.05, 0.1) is 0 Å². The van der Waals surface area contributed by atoms with Gasteiger partial charge in [0.15, 0.2) is 0 Å². The SMILES string of the molecule is CC(C)CN1CCC(N(C)c2cc(NC(=O)c3cccc(F)c3)ccn2)CC1. The van der Waals surface area contributed by atoms with E-state index in [1.807, 2.05) is 6.07 Å². The zero-order chi connectivity index (χ0) is 20.1. The minimum absolute atomic E-state index is 0.296. The number of carbonyl (C=O) groups is 1. The minimum atomic E-state index is -0.424. The van der Waals surface area contributed by atoms with E-state index in [0.717, 1.165) is 38.3 Å². The molecule has 5 nitrogen and oxygen atoms in total. The van der Waals surface area contributed by atoms with E-state index in [0.29, 0.717) is 23.2 Å². The molecule has 1 amide bonds. The molecule has 1 aromatic heterocycles. The van der Waals surface area contributed by atoms with Crippen molar-refractivity contribution in [1.82, 2.24) is 9.88 Å². The van der Waals surface area contributed by atoms with Gasteiger partial charge in [0.2, 0.25) is 0 Å². The Morgan fingerprint density at radius 3 is 2.71 bits per heavy atom. The van der Waals surface area contributed by atoms with Gasteiger partial charge >= 0.3 is 0 Å². The second kappa shape index (κ2) is 9.15. The highest BCUT2D eigenvalue weighted by atomic mass is 19.1. The van der Waals surface area contributed by atoms with E-state index >= 15 is 0 Å². The molecule has 0 bridgehead atoms. The number of benzene rings is 1. The molecule has 0 unspecified atom stereocenters. The Balaban J connectivity index is 1.62. The lowest BCUT2D eigenvalue weighted by atomic mass is 10.0. The Labute approximate surface area is 166 Å². The lowest BCUT2D eigenvalue weighted by Crippen LogP contribution is -2.44. The van der Waals surface area contributed by atoms with Crippen LogP contribution in [0.2, 0.25) is 0 Å². The molecule has 0 aliphatic carbocycles. The fourth-order valence-corrected chi connectivity index (χ4v) is 3.71. The normalized spacial score (nSPS) is 15.6. The molecule has 0 atom stereocenters. The Morgan fingerprint density at radius 1 is 1.29 bits per heavy atom. The van der Waals surface area contributed by atoms with Crippen LogP contribution in [0, 0.1) is 11.7 Å². The van der Waals surface area contributed by atoms with Crippen molar-refractivity contribution in [3.05, 3.63) is 54.0 Å². The lowest BCUT2D eigenvalue weighted by Gasteiger charge is -2.38. The smallest absolute Gasteiger partial charge is 0.255 e. The molecule has 0 radical (unpaired) electrons. The molecule has 2 heterocycles. The van der Waals surface area contributed by atoms with E-state index in [1.165, 1.54) is 18.2 Å². The predicted molar refractivity (Wildman–Crippen MR) is 111 cm³/mol. The summed E-state index contributed by atoms with van der Waals surface area (Å²) in [5.41, 5.74) is 0.951. The molecule has 28 heavy (non-hydrogen) atoms. The van der Waals surface area contributed by atoms with Crippen molar-refractivity contribution < 1.29 is 9.18 Å². The highest BCUT2D eigenvalue weighted by Gasteiger charge is 2.23. The van der Waals surface area contributed by atoms with Gasteiger partial charge in [-0.2, -0.15) is 0 Å². The second-order valence-electron chi connectivity index (χ2n) is 7.90. The molecular formula is C22H29FN4O. The molecular weight excluding hydrogens is 355 g/mol. The van der Waals surface area contributed by atoms with Crippen LogP contribution in [0.1, 0.15) is 37.0 Å². The molecule has 1 aliphatic heterocycles. The van der Waals surface area contributed by atoms with Gasteiger partial charge in [-0.3, -0.25) is 4.79 Å². The van der Waals surface area contributed by atoms with Crippen LogP contribution < -0.4 is 10.2 Å². The first-order chi connectivity index (χ1) is 13.4. The van der Waals surface area contributed by atoms with E-state index in [4.69, 9.17) is 0 Å². The third kappa shape index (κ3) is 5.29. The minimum Gasteiger partial charge on any atom is -0.357 e. The number of halogens is 1. The van der Waals surface area contributed by atoms with Crippen LogP contribution >= 0.6 is 0 Å². The standard InChI is InChI=1S/C22H29FN4O/c1-16(2)15-27-11-8-20(9-12-27)26(3)21-14-19(7-10-24-21)25-22(28)17-5-4-6-18(23)13-17/h4-7,10,13-14,16,20H,8-9,11-12,15H2,1-3H3,(H,24,25,28). The van der Waals surface area contributed by atoms with E-state index in [9.17, 15) is 9.18 Å². The molecule has 1 aliphatic rings. The van der Waals surface area contributed by atoms with Gasteiger partial charge in [0.25, 0.3) is 5.91 Å². The first-order valence-corrected chi connectivity index (χ1v) is 9.90. The number of piperidine rings is 1. The van der Waals surface area contributed by atoms with Crippen molar-refractivity contribution in [2.75, 3.05) is 36.9 Å². The summed E-state index contributed by atoms with van der Waals surface area (Å²) < 4.78 is 13.3. The van der Waals surface area contributed by atoms with Crippen molar-refractivity contribution in [3.8, 4) is 0 Å². The molecule has 1 N–H and O–H groups in total. The first-order valence-electron chi connectivity index (χ1n) is 9.90. The molecule has 150 valence electrons. The maximum absolute atomic E-state index is 13.3. The first kappa shape index (κ1) is 20.3. The molecule has 2 aromatic rings. The number of amides is 1. The zero-order valence-corrected chi connectivity index (χ0v) is 16.9. The number of pyridine rings is 1. The van der Waals surface area contributed by atoms with E-state index in [2.05, 4.69) is 41.0 Å². The summed E-state index contributed by atoms with van der Waals surface area (Å²) >= 11 is 0. The molecule has 6 heteroatoms. The summed E-state index contributed by atoms with van der Waals surface area (Å²) in [5, 5.41) is 2.83. The Hall–Kier alpha value is -2.47. The van der Waals surface area contributed by atoms with Crippen molar-refractivity contribution >= 4 is 17.4 Å². The lowest BCUT2D eigenvalue weighted by molar-refractivity contribution is 0.102. The van der Waals surface area contributed by atoms with Crippen molar-refractivity contribution in [3.63, 3.8) is 0 Å². The van der Waals surface area contributed by atoms with Crippen LogP contribution in [-0.4, -0.2) is 48.5 Å². The van der Waals surface area contributed by atoms with Gasteiger partial charge in [-0.05, 0) is 43.0 Å². The van der Waals surface area contributed by atoms with Gasteiger partial charge in [0.1, 0.15) is 11.6 Å². The van der Waals surface area contributed by atoms with E-state index in [1.54, 1.807) is 18.3 Å². The molecule has 1 fully saturated rings. The summed E-state index contributed by atoms with van der Waals surface area (Å²) in [5.74, 6) is 0.765. The summed E-state index contributed by atoms with van der Waals surface area (Å²) in [6.07, 6.45) is 3.90. The number of anilines is 2. The maximum atomic E-state index is 13.3. The topological polar surface area (TPSA) is 48.5 Å². The third-order valence-electron chi connectivity index (χ3n) is 5.18. The molecule has 1 aromatic carbocycles. The predicted octanol–water partition coefficient (Wildman–Crippen LogP) is 4.03. The summed E-state index contributed by atoms with van der Waals surface area (Å²) in [6, 6.07) is 9.73. The van der Waals surface area contributed by atoms with Crippen LogP contribution in [0.3, 0.4) is 0 Å². The summed E-state index contributed by atoms with van der Waals surface area (Å²) in [7, 11) is 2.06. The Kier molecular flexibility index (Phi) is 6.62. The van der Waals surface area contributed by atoms with Crippen LogP contribution in [-0.2, 0) is 0 Å². The van der Waals surface area contributed by atoms with E-state index < -0.39 is 5.82 Å². The maximum Gasteiger partial charge on any atom is 0.255 e. The van der Waals surface area contributed by atoms with Gasteiger partial charge in [-0.25, -0.2) is 9.37 Å². The number of carbonyl (C=O) groups excluding carboxylic acids is 1. The van der Waals surface area contributed by atoms with Gasteiger partial charge in [0, 0.05) is 56.2 Å². The van der Waals surface area contributed by atoms with Crippen molar-refractivity contribution in [1.29, 1.82) is 0 Å². The van der Waals surface area contributed by atoms with Gasteiger partial charge in [-0.15, -0.1) is 0 Å². The fraction of sp³-hybridized carbons (Fsp3) is 0.455. The number of nitrogens with zero attached hydrogens (tertiary/aromatic N) is 3. The van der Waals surface area contributed by atoms with Crippen LogP contribution in [0.5, 0.6) is 0 Å². The number of rotatable bonds is 6. The van der Waals surface area contributed by atoms with Gasteiger partial charge in [-0.1, -0.05) is 19.9 Å². The molecule has 3 rings (SSSR count). The number of hydrogen-bond acceptors (Lipinski definition) is 4. The average molecular weight is 384 g/mol. The highest BCUT2D eigenvalue weighted by Crippen LogP contribution is 2.23. The van der Waals surface area contributed by atoms with E-state index in [-0.39, 0.29) is 5.91 Å². The summed E-state index contributed by atoms with van der Waals surface area (Å²) in [6.45, 7) is 7.86.